The van der Waals surface area contributed by atoms with E-state index in [2.05, 4.69) is 0 Å². The SMILES string of the molecule is O=C1OC(c2ccc(-c3c(Cl)ccc4ccccc34)cc2)(C2CCCCC2)C(O)=C1O. The molecule has 5 rings (SSSR count). The Bertz CT molecular complexity index is 1190. The van der Waals surface area contributed by atoms with Crippen molar-refractivity contribution < 1.29 is 19.7 Å². The largest absolute Gasteiger partial charge is 0.505 e. The lowest BCUT2D eigenvalue weighted by molar-refractivity contribution is -0.157. The lowest BCUT2D eigenvalue weighted by atomic mass is 9.72. The number of hydrogen-bond acceptors (Lipinski definition) is 4. The summed E-state index contributed by atoms with van der Waals surface area (Å²) < 4.78 is 5.70. The summed E-state index contributed by atoms with van der Waals surface area (Å²) in [7, 11) is 0. The number of esters is 1. The number of ether oxygens (including phenoxy) is 1. The molecular weight excluding hydrogens is 412 g/mol. The standard InChI is InChI=1S/C26H23ClO4/c27-21-15-12-16-6-4-5-9-20(16)22(21)17-10-13-19(14-11-17)26(18-7-2-1-3-8-18)24(29)23(28)25(30)31-26/h4-6,9-15,18,28-29H,1-3,7-8H2. The fraction of sp³-hybridized carbons (Fsp3) is 0.269. The fourth-order valence-corrected chi connectivity index (χ4v) is 5.43. The summed E-state index contributed by atoms with van der Waals surface area (Å²) in [4.78, 5) is 12.2. The zero-order chi connectivity index (χ0) is 21.6. The maximum Gasteiger partial charge on any atom is 0.378 e. The molecule has 1 unspecified atom stereocenters. The predicted octanol–water partition coefficient (Wildman–Crippen LogP) is 6.82. The molecule has 0 radical (unpaired) electrons. The minimum absolute atomic E-state index is 0.0816. The average Bonchev–Trinajstić information content (AvgIpc) is 3.04. The van der Waals surface area contributed by atoms with E-state index in [1.54, 1.807) is 0 Å². The third-order valence-electron chi connectivity index (χ3n) is 6.68. The fourth-order valence-electron chi connectivity index (χ4n) is 5.16. The third kappa shape index (κ3) is 3.09. The first-order valence-electron chi connectivity index (χ1n) is 10.7. The van der Waals surface area contributed by atoms with Crippen LogP contribution >= 0.6 is 11.6 Å². The molecule has 1 heterocycles. The Balaban J connectivity index is 1.62. The van der Waals surface area contributed by atoms with Gasteiger partial charge >= 0.3 is 5.97 Å². The van der Waals surface area contributed by atoms with E-state index in [9.17, 15) is 15.0 Å². The molecular formula is C26H23ClO4. The van der Waals surface area contributed by atoms with Gasteiger partial charge in [0.1, 0.15) is 0 Å². The Kier molecular flexibility index (Phi) is 4.90. The van der Waals surface area contributed by atoms with Gasteiger partial charge in [-0.1, -0.05) is 85.5 Å². The number of cyclic esters (lactones) is 1. The van der Waals surface area contributed by atoms with E-state index in [-0.39, 0.29) is 11.7 Å². The van der Waals surface area contributed by atoms with Crippen LogP contribution in [0, 0.1) is 5.92 Å². The minimum atomic E-state index is -1.33. The van der Waals surface area contributed by atoms with Gasteiger partial charge in [-0.25, -0.2) is 4.79 Å². The maximum absolute atomic E-state index is 12.2. The number of fused-ring (bicyclic) bond motifs is 1. The topological polar surface area (TPSA) is 66.8 Å². The normalized spacial score (nSPS) is 22.2. The molecule has 1 aliphatic heterocycles. The summed E-state index contributed by atoms with van der Waals surface area (Å²) in [5, 5.41) is 23.7. The van der Waals surface area contributed by atoms with Gasteiger partial charge in [0.25, 0.3) is 0 Å². The molecule has 2 N–H and O–H groups in total. The van der Waals surface area contributed by atoms with Crippen molar-refractivity contribution in [3.63, 3.8) is 0 Å². The van der Waals surface area contributed by atoms with Gasteiger partial charge in [0.15, 0.2) is 5.76 Å². The molecule has 0 saturated heterocycles. The van der Waals surface area contributed by atoms with Crippen molar-refractivity contribution >= 4 is 28.3 Å². The van der Waals surface area contributed by atoms with Gasteiger partial charge in [-0.15, -0.1) is 0 Å². The Morgan fingerprint density at radius 1 is 0.903 bits per heavy atom. The van der Waals surface area contributed by atoms with Crippen molar-refractivity contribution in [2.75, 3.05) is 0 Å². The highest BCUT2D eigenvalue weighted by atomic mass is 35.5. The highest BCUT2D eigenvalue weighted by Gasteiger charge is 2.55. The highest BCUT2D eigenvalue weighted by Crippen LogP contribution is 2.50. The van der Waals surface area contributed by atoms with Gasteiger partial charge in [0, 0.05) is 22.1 Å². The number of hydrogen-bond donors (Lipinski definition) is 2. The molecule has 0 bridgehead atoms. The molecule has 0 amide bonds. The van der Waals surface area contributed by atoms with Crippen molar-refractivity contribution in [2.24, 2.45) is 5.92 Å². The molecule has 4 nitrogen and oxygen atoms in total. The molecule has 3 aromatic carbocycles. The molecule has 1 aliphatic carbocycles. The van der Waals surface area contributed by atoms with E-state index in [4.69, 9.17) is 16.3 Å². The van der Waals surface area contributed by atoms with Crippen molar-refractivity contribution in [1.29, 1.82) is 0 Å². The summed E-state index contributed by atoms with van der Waals surface area (Å²) in [6, 6.07) is 19.6. The second-order valence-corrected chi connectivity index (χ2v) is 8.79. The highest BCUT2D eigenvalue weighted by molar-refractivity contribution is 6.35. The Labute approximate surface area is 185 Å². The molecule has 1 atom stereocenters. The van der Waals surface area contributed by atoms with E-state index in [1.807, 2.05) is 60.7 Å². The first-order chi connectivity index (χ1) is 15.0. The van der Waals surface area contributed by atoms with Gasteiger partial charge in [-0.3, -0.25) is 0 Å². The maximum atomic E-state index is 12.2. The van der Waals surface area contributed by atoms with E-state index >= 15 is 0 Å². The van der Waals surface area contributed by atoms with Gasteiger partial charge in [0.05, 0.1) is 0 Å². The summed E-state index contributed by atoms with van der Waals surface area (Å²) in [5.41, 5.74) is 1.20. The number of halogens is 1. The van der Waals surface area contributed by atoms with Crippen LogP contribution in [0.4, 0.5) is 0 Å². The van der Waals surface area contributed by atoms with Crippen LogP contribution in [0.3, 0.4) is 0 Å². The van der Waals surface area contributed by atoms with Crippen LogP contribution < -0.4 is 0 Å². The Morgan fingerprint density at radius 3 is 2.29 bits per heavy atom. The second kappa shape index (κ2) is 7.61. The van der Waals surface area contributed by atoms with Gasteiger partial charge in [0.2, 0.25) is 11.4 Å². The van der Waals surface area contributed by atoms with Crippen LogP contribution in [0.25, 0.3) is 21.9 Å². The first kappa shape index (κ1) is 20.0. The van der Waals surface area contributed by atoms with Crippen LogP contribution in [0.1, 0.15) is 37.7 Å². The molecule has 0 aromatic heterocycles. The van der Waals surface area contributed by atoms with E-state index in [1.165, 1.54) is 0 Å². The van der Waals surface area contributed by atoms with Gasteiger partial charge in [-0.2, -0.15) is 0 Å². The van der Waals surface area contributed by atoms with Crippen molar-refractivity contribution in [2.45, 2.75) is 37.7 Å². The number of rotatable bonds is 3. The van der Waals surface area contributed by atoms with Crippen LogP contribution in [-0.4, -0.2) is 16.2 Å². The van der Waals surface area contributed by atoms with Crippen LogP contribution in [0.15, 0.2) is 72.2 Å². The lowest BCUT2D eigenvalue weighted by Gasteiger charge is -2.38. The molecule has 1 saturated carbocycles. The predicted molar refractivity (Wildman–Crippen MR) is 121 cm³/mol. The molecule has 158 valence electrons. The number of aliphatic hydroxyl groups excluding tert-OH is 2. The first-order valence-corrected chi connectivity index (χ1v) is 11.0. The second-order valence-electron chi connectivity index (χ2n) is 8.38. The molecule has 2 aliphatic rings. The summed E-state index contributed by atoms with van der Waals surface area (Å²) >= 11 is 6.57. The molecule has 1 fully saturated rings. The van der Waals surface area contributed by atoms with Crippen LogP contribution in [-0.2, 0) is 15.1 Å². The Hall–Kier alpha value is -2.98. The van der Waals surface area contributed by atoms with Crippen LogP contribution in [0.5, 0.6) is 0 Å². The quantitative estimate of drug-likeness (QED) is 0.444. The molecule has 3 aromatic rings. The van der Waals surface area contributed by atoms with E-state index in [0.717, 1.165) is 54.0 Å². The number of carbonyl (C=O) groups is 1. The number of benzene rings is 3. The summed E-state index contributed by atoms with van der Waals surface area (Å²) in [6.45, 7) is 0. The van der Waals surface area contributed by atoms with Crippen molar-refractivity contribution in [3.05, 3.63) is 82.8 Å². The summed E-state index contributed by atoms with van der Waals surface area (Å²) in [5.74, 6) is -2.02. The molecule has 5 heteroatoms. The van der Waals surface area contributed by atoms with Gasteiger partial charge in [-0.05, 0) is 35.2 Å². The Morgan fingerprint density at radius 2 is 1.61 bits per heavy atom. The molecule has 0 spiro atoms. The third-order valence-corrected chi connectivity index (χ3v) is 7.00. The zero-order valence-electron chi connectivity index (χ0n) is 17.0. The summed E-state index contributed by atoms with van der Waals surface area (Å²) in [6.07, 6.45) is 4.77. The number of carbonyl (C=O) groups excluding carboxylic acids is 1. The minimum Gasteiger partial charge on any atom is -0.505 e. The van der Waals surface area contributed by atoms with E-state index in [0.29, 0.717) is 10.6 Å². The van der Waals surface area contributed by atoms with E-state index < -0.39 is 17.3 Å². The smallest absolute Gasteiger partial charge is 0.378 e. The van der Waals surface area contributed by atoms with Crippen molar-refractivity contribution in [3.8, 4) is 11.1 Å². The number of aliphatic hydroxyl groups is 2. The van der Waals surface area contributed by atoms with Gasteiger partial charge < -0.3 is 14.9 Å². The average molecular weight is 435 g/mol. The van der Waals surface area contributed by atoms with Crippen LogP contribution in [0.2, 0.25) is 5.02 Å². The van der Waals surface area contributed by atoms with Crippen molar-refractivity contribution in [1.82, 2.24) is 0 Å². The zero-order valence-corrected chi connectivity index (χ0v) is 17.7. The molecule has 31 heavy (non-hydrogen) atoms. The monoisotopic (exact) mass is 434 g/mol. The lowest BCUT2D eigenvalue weighted by Crippen LogP contribution is -2.39.